The molecular formula is C17H28N2O. The highest BCUT2D eigenvalue weighted by molar-refractivity contribution is 5.49. The van der Waals surface area contributed by atoms with Gasteiger partial charge in [-0.1, -0.05) is 13.0 Å². The minimum Gasteiger partial charge on any atom is -0.487 e. The molecule has 112 valence electrons. The van der Waals surface area contributed by atoms with Gasteiger partial charge in [-0.05, 0) is 57.3 Å². The molecule has 0 unspecified atom stereocenters. The van der Waals surface area contributed by atoms with Crippen LogP contribution < -0.4 is 15.0 Å². The van der Waals surface area contributed by atoms with E-state index in [1.165, 1.54) is 31.4 Å². The van der Waals surface area contributed by atoms with Crippen molar-refractivity contribution >= 4 is 5.69 Å². The van der Waals surface area contributed by atoms with Gasteiger partial charge >= 0.3 is 0 Å². The molecule has 1 aromatic carbocycles. The second-order valence-corrected chi connectivity index (χ2v) is 6.03. The summed E-state index contributed by atoms with van der Waals surface area (Å²) in [6, 6.07) is 8.40. The predicted molar refractivity (Wildman–Crippen MR) is 85.8 cm³/mol. The molecule has 0 heterocycles. The van der Waals surface area contributed by atoms with Gasteiger partial charge in [0.25, 0.3) is 0 Å². The van der Waals surface area contributed by atoms with E-state index in [9.17, 15) is 0 Å². The van der Waals surface area contributed by atoms with Crippen LogP contribution in [0.1, 0.15) is 39.0 Å². The largest absolute Gasteiger partial charge is 0.487 e. The third-order valence-corrected chi connectivity index (χ3v) is 4.12. The number of nitrogens with zero attached hydrogens (tertiary/aromatic N) is 1. The summed E-state index contributed by atoms with van der Waals surface area (Å²) < 4.78 is 6.34. The molecule has 1 aromatic rings. The van der Waals surface area contributed by atoms with Crippen LogP contribution in [0.3, 0.4) is 0 Å². The van der Waals surface area contributed by atoms with Crippen molar-refractivity contribution in [3.8, 4) is 5.75 Å². The van der Waals surface area contributed by atoms with Crippen LogP contribution in [-0.4, -0.2) is 32.8 Å². The van der Waals surface area contributed by atoms with Crippen molar-refractivity contribution in [3.05, 3.63) is 24.3 Å². The number of nitrogens with one attached hydrogen (secondary N) is 1. The highest BCUT2D eigenvalue weighted by atomic mass is 16.5. The van der Waals surface area contributed by atoms with Crippen molar-refractivity contribution in [2.24, 2.45) is 0 Å². The Labute approximate surface area is 123 Å². The Morgan fingerprint density at radius 3 is 2.65 bits per heavy atom. The van der Waals surface area contributed by atoms with Gasteiger partial charge < -0.3 is 15.0 Å². The van der Waals surface area contributed by atoms with Gasteiger partial charge in [-0.3, -0.25) is 0 Å². The van der Waals surface area contributed by atoms with Gasteiger partial charge in [-0.25, -0.2) is 0 Å². The molecule has 0 bridgehead atoms. The lowest BCUT2D eigenvalue weighted by Gasteiger charge is -2.42. The summed E-state index contributed by atoms with van der Waals surface area (Å²) in [6.45, 7) is 4.36. The summed E-state index contributed by atoms with van der Waals surface area (Å²) in [5, 5.41) is 3.49. The van der Waals surface area contributed by atoms with Crippen LogP contribution in [0.15, 0.2) is 24.3 Å². The third kappa shape index (κ3) is 3.89. The first-order valence-electron chi connectivity index (χ1n) is 7.82. The molecule has 0 saturated heterocycles. The van der Waals surface area contributed by atoms with Crippen LogP contribution in [0.2, 0.25) is 0 Å². The number of anilines is 1. The van der Waals surface area contributed by atoms with E-state index in [1.807, 2.05) is 0 Å². The van der Waals surface area contributed by atoms with Crippen molar-refractivity contribution in [3.63, 3.8) is 0 Å². The van der Waals surface area contributed by atoms with Crippen molar-refractivity contribution < 1.29 is 4.74 Å². The molecule has 0 spiro atoms. The molecule has 20 heavy (non-hydrogen) atoms. The minimum absolute atomic E-state index is 0.0751. The zero-order chi connectivity index (χ0) is 14.4. The van der Waals surface area contributed by atoms with E-state index in [2.05, 4.69) is 55.5 Å². The fraction of sp³-hybridized carbons (Fsp3) is 0.647. The van der Waals surface area contributed by atoms with E-state index in [1.54, 1.807) is 0 Å². The molecule has 0 aliphatic heterocycles. The fourth-order valence-electron chi connectivity index (χ4n) is 2.67. The summed E-state index contributed by atoms with van der Waals surface area (Å²) in [5.74, 6) is 1.01. The second kappa shape index (κ2) is 6.98. The van der Waals surface area contributed by atoms with Crippen LogP contribution >= 0.6 is 0 Å². The number of hydrogen-bond acceptors (Lipinski definition) is 3. The Morgan fingerprint density at radius 1 is 1.25 bits per heavy atom. The van der Waals surface area contributed by atoms with E-state index in [-0.39, 0.29) is 5.60 Å². The van der Waals surface area contributed by atoms with Crippen molar-refractivity contribution in [1.82, 2.24) is 5.32 Å². The fourth-order valence-corrected chi connectivity index (χ4v) is 2.67. The Balaban J connectivity index is 1.93. The maximum absolute atomic E-state index is 6.34. The van der Waals surface area contributed by atoms with Crippen LogP contribution in [0.5, 0.6) is 5.75 Å². The molecule has 1 N–H and O–H groups in total. The molecule has 1 fully saturated rings. The quantitative estimate of drug-likeness (QED) is 0.736. The highest BCUT2D eigenvalue weighted by Gasteiger charge is 2.38. The average molecular weight is 276 g/mol. The first kappa shape index (κ1) is 15.2. The minimum atomic E-state index is 0.0751. The van der Waals surface area contributed by atoms with E-state index < -0.39 is 0 Å². The van der Waals surface area contributed by atoms with E-state index in [4.69, 9.17) is 4.74 Å². The maximum Gasteiger partial charge on any atom is 0.122 e. The van der Waals surface area contributed by atoms with Gasteiger partial charge in [-0.15, -0.1) is 0 Å². The number of benzene rings is 1. The normalized spacial score (nSPS) is 16.6. The predicted octanol–water partition coefficient (Wildman–Crippen LogP) is 3.44. The molecule has 0 radical (unpaired) electrons. The lowest BCUT2D eigenvalue weighted by molar-refractivity contribution is -0.0141. The van der Waals surface area contributed by atoms with Gasteiger partial charge in [0.15, 0.2) is 0 Å². The van der Waals surface area contributed by atoms with Gasteiger partial charge in [-0.2, -0.15) is 0 Å². The SMILES string of the molecule is CCCNCCC1(Oc2cccc(N(C)C)c2)CCC1. The molecule has 1 saturated carbocycles. The lowest BCUT2D eigenvalue weighted by atomic mass is 9.77. The first-order valence-corrected chi connectivity index (χ1v) is 7.82. The van der Waals surface area contributed by atoms with E-state index >= 15 is 0 Å². The van der Waals surface area contributed by atoms with Gasteiger partial charge in [0, 0.05) is 25.8 Å². The maximum atomic E-state index is 6.34. The first-order chi connectivity index (χ1) is 9.65. The molecule has 3 nitrogen and oxygen atoms in total. The van der Waals surface area contributed by atoms with Crippen molar-refractivity contribution in [2.45, 2.75) is 44.6 Å². The van der Waals surface area contributed by atoms with Gasteiger partial charge in [0.1, 0.15) is 11.4 Å². The van der Waals surface area contributed by atoms with Crippen LogP contribution in [0, 0.1) is 0 Å². The Kier molecular flexibility index (Phi) is 5.30. The van der Waals surface area contributed by atoms with Crippen molar-refractivity contribution in [1.29, 1.82) is 0 Å². The van der Waals surface area contributed by atoms with Gasteiger partial charge in [0.05, 0.1) is 0 Å². The molecule has 1 aliphatic rings. The number of rotatable bonds is 8. The van der Waals surface area contributed by atoms with E-state index in [0.29, 0.717) is 0 Å². The molecule has 0 atom stereocenters. The monoisotopic (exact) mass is 276 g/mol. The van der Waals surface area contributed by atoms with Crippen LogP contribution in [-0.2, 0) is 0 Å². The molecule has 0 amide bonds. The van der Waals surface area contributed by atoms with Crippen molar-refractivity contribution in [2.75, 3.05) is 32.1 Å². The summed E-state index contributed by atoms with van der Waals surface area (Å²) in [5.41, 5.74) is 1.27. The molecule has 1 aliphatic carbocycles. The summed E-state index contributed by atoms with van der Waals surface area (Å²) in [7, 11) is 4.12. The molecular weight excluding hydrogens is 248 g/mol. The topological polar surface area (TPSA) is 24.5 Å². The zero-order valence-corrected chi connectivity index (χ0v) is 13.1. The summed E-state index contributed by atoms with van der Waals surface area (Å²) in [6.07, 6.45) is 5.97. The summed E-state index contributed by atoms with van der Waals surface area (Å²) >= 11 is 0. The molecule has 3 heteroatoms. The number of hydrogen-bond donors (Lipinski definition) is 1. The summed E-state index contributed by atoms with van der Waals surface area (Å²) in [4.78, 5) is 2.11. The standard InChI is InChI=1S/C17H28N2O/c1-4-12-18-13-11-17(9-6-10-17)20-16-8-5-7-15(14-16)19(2)3/h5,7-8,14,18H,4,6,9-13H2,1-3H3. The highest BCUT2D eigenvalue weighted by Crippen LogP contribution is 2.39. The average Bonchev–Trinajstić information content (AvgIpc) is 2.40. The Bertz CT molecular complexity index is 413. The zero-order valence-electron chi connectivity index (χ0n) is 13.1. The third-order valence-electron chi connectivity index (χ3n) is 4.12. The molecule has 0 aromatic heterocycles. The Hall–Kier alpha value is -1.22. The van der Waals surface area contributed by atoms with Gasteiger partial charge in [0.2, 0.25) is 0 Å². The Morgan fingerprint density at radius 2 is 2.05 bits per heavy atom. The lowest BCUT2D eigenvalue weighted by Crippen LogP contribution is -2.45. The molecule has 2 rings (SSSR count). The smallest absolute Gasteiger partial charge is 0.122 e. The number of ether oxygens (including phenoxy) is 1. The second-order valence-electron chi connectivity index (χ2n) is 6.03. The van der Waals surface area contributed by atoms with Crippen LogP contribution in [0.25, 0.3) is 0 Å². The van der Waals surface area contributed by atoms with Crippen LogP contribution in [0.4, 0.5) is 5.69 Å². The van der Waals surface area contributed by atoms with E-state index in [0.717, 1.165) is 25.3 Å².